The van der Waals surface area contributed by atoms with Crippen molar-refractivity contribution in [2.75, 3.05) is 0 Å². The van der Waals surface area contributed by atoms with Gasteiger partial charge in [0.15, 0.2) is 0 Å². The van der Waals surface area contributed by atoms with E-state index in [1.807, 2.05) is 0 Å². The monoisotopic (exact) mass is 384 g/mol. The fourth-order valence-electron chi connectivity index (χ4n) is 5.78. The summed E-state index contributed by atoms with van der Waals surface area (Å²) in [6, 6.07) is 9.62. The van der Waals surface area contributed by atoms with Crippen LogP contribution in [0.1, 0.15) is 107 Å². The second-order valence-electron chi connectivity index (χ2n) is 9.54. The van der Waals surface area contributed by atoms with Crippen LogP contribution in [0, 0.1) is 17.8 Å². The van der Waals surface area contributed by atoms with Gasteiger partial charge in [0.25, 0.3) is 0 Å². The normalized spacial score (nSPS) is 28.6. The summed E-state index contributed by atoms with van der Waals surface area (Å²) < 4.78 is 12.2. The molecule has 0 spiro atoms. The van der Waals surface area contributed by atoms with Crippen molar-refractivity contribution in [1.82, 2.24) is 0 Å². The van der Waals surface area contributed by atoms with Crippen molar-refractivity contribution >= 4 is 0 Å². The highest BCUT2D eigenvalue weighted by atomic mass is 19.1. The molecular weight excluding hydrogens is 343 g/mol. The van der Waals surface area contributed by atoms with Crippen LogP contribution >= 0.6 is 0 Å². The molecule has 3 rings (SSSR count). The van der Waals surface area contributed by atoms with Crippen molar-refractivity contribution < 1.29 is 4.39 Å². The predicted octanol–water partition coefficient (Wildman–Crippen LogP) is 8.76. The van der Waals surface area contributed by atoms with E-state index in [0.29, 0.717) is 0 Å². The van der Waals surface area contributed by atoms with Crippen LogP contribution in [0.4, 0.5) is 4.39 Å². The van der Waals surface area contributed by atoms with Gasteiger partial charge in [0.2, 0.25) is 0 Å². The summed E-state index contributed by atoms with van der Waals surface area (Å²) in [7, 11) is 0. The molecule has 0 N–H and O–H groups in total. The molecule has 0 heterocycles. The number of hydrogen-bond acceptors (Lipinski definition) is 0. The first-order valence-electron chi connectivity index (χ1n) is 12.1. The van der Waals surface area contributed by atoms with E-state index in [1.165, 1.54) is 89.0 Å². The number of unbranched alkanes of at least 4 members (excludes halogenated alkanes) is 3. The standard InChI is InChI=1S/C27H41F/c1-2-3-4-5-7-22-9-13-24(14-10-22)26-17-19-27(20-18-26)25-15-11-23(12-16-25)8-6-21-28/h6,9-10,13-14,21,23,25-27H,2-5,7-8,11-12,15-20H2,1H3/b21-6+. The van der Waals surface area contributed by atoms with Gasteiger partial charge in [-0.15, -0.1) is 0 Å². The lowest BCUT2D eigenvalue weighted by Crippen LogP contribution is -2.25. The summed E-state index contributed by atoms with van der Waals surface area (Å²) >= 11 is 0. The molecule has 0 radical (unpaired) electrons. The van der Waals surface area contributed by atoms with Gasteiger partial charge in [-0.2, -0.15) is 0 Å². The molecule has 0 aliphatic heterocycles. The maximum atomic E-state index is 12.2. The van der Waals surface area contributed by atoms with Gasteiger partial charge in [-0.05, 0) is 105 Å². The zero-order valence-corrected chi connectivity index (χ0v) is 18.1. The Hall–Kier alpha value is -1.11. The highest BCUT2D eigenvalue weighted by Gasteiger charge is 2.31. The van der Waals surface area contributed by atoms with Crippen molar-refractivity contribution in [1.29, 1.82) is 0 Å². The average Bonchev–Trinajstić information content (AvgIpc) is 2.76. The third-order valence-corrected chi connectivity index (χ3v) is 7.66. The van der Waals surface area contributed by atoms with E-state index in [0.717, 1.165) is 36.4 Å². The highest BCUT2D eigenvalue weighted by molar-refractivity contribution is 5.26. The van der Waals surface area contributed by atoms with Crippen molar-refractivity contribution in [2.45, 2.75) is 103 Å². The number of rotatable bonds is 9. The van der Waals surface area contributed by atoms with Crippen LogP contribution in [0.25, 0.3) is 0 Å². The Morgan fingerprint density at radius 2 is 1.46 bits per heavy atom. The molecule has 2 aliphatic carbocycles. The van der Waals surface area contributed by atoms with Crippen LogP contribution in [0.15, 0.2) is 36.7 Å². The van der Waals surface area contributed by atoms with Gasteiger partial charge in [-0.1, -0.05) is 56.5 Å². The third-order valence-electron chi connectivity index (χ3n) is 7.66. The Bertz CT molecular complexity index is 556. The number of hydrogen-bond donors (Lipinski definition) is 0. The summed E-state index contributed by atoms with van der Waals surface area (Å²) in [5, 5.41) is 0. The number of benzene rings is 1. The summed E-state index contributed by atoms with van der Waals surface area (Å²) in [4.78, 5) is 0. The van der Waals surface area contributed by atoms with Crippen LogP contribution in [0.5, 0.6) is 0 Å². The maximum Gasteiger partial charge on any atom is 0.0827 e. The van der Waals surface area contributed by atoms with Crippen molar-refractivity contribution in [3.8, 4) is 0 Å². The van der Waals surface area contributed by atoms with Gasteiger partial charge in [0.05, 0.1) is 6.33 Å². The lowest BCUT2D eigenvalue weighted by atomic mass is 9.68. The molecule has 0 aromatic heterocycles. The number of allylic oxidation sites excluding steroid dienone is 1. The summed E-state index contributed by atoms with van der Waals surface area (Å²) in [5.74, 6) is 3.42. The first-order chi connectivity index (χ1) is 13.8. The second kappa shape index (κ2) is 11.8. The highest BCUT2D eigenvalue weighted by Crippen LogP contribution is 2.44. The van der Waals surface area contributed by atoms with E-state index in [-0.39, 0.29) is 0 Å². The Balaban J connectivity index is 1.39. The molecule has 0 amide bonds. The Kier molecular flexibility index (Phi) is 9.09. The van der Waals surface area contributed by atoms with E-state index >= 15 is 0 Å². The zero-order valence-electron chi connectivity index (χ0n) is 18.1. The van der Waals surface area contributed by atoms with Crippen molar-refractivity contribution in [2.24, 2.45) is 17.8 Å². The Labute approximate surface area is 173 Å². The van der Waals surface area contributed by atoms with E-state index in [4.69, 9.17) is 0 Å². The van der Waals surface area contributed by atoms with Crippen LogP contribution < -0.4 is 0 Å². The summed E-state index contributed by atoms with van der Waals surface area (Å²) in [5.41, 5.74) is 3.10. The zero-order chi connectivity index (χ0) is 19.6. The van der Waals surface area contributed by atoms with E-state index in [2.05, 4.69) is 31.2 Å². The first-order valence-corrected chi connectivity index (χ1v) is 12.1. The molecular formula is C27H41F. The second-order valence-corrected chi connectivity index (χ2v) is 9.54. The Morgan fingerprint density at radius 1 is 0.821 bits per heavy atom. The molecule has 28 heavy (non-hydrogen) atoms. The number of halogens is 1. The lowest BCUT2D eigenvalue weighted by molar-refractivity contribution is 0.160. The predicted molar refractivity (Wildman–Crippen MR) is 119 cm³/mol. The smallest absolute Gasteiger partial charge is 0.0827 e. The summed E-state index contributed by atoms with van der Waals surface area (Å²) in [6.45, 7) is 2.28. The third kappa shape index (κ3) is 6.46. The molecule has 0 saturated heterocycles. The Morgan fingerprint density at radius 3 is 2.07 bits per heavy atom. The average molecular weight is 385 g/mol. The lowest BCUT2D eigenvalue weighted by Gasteiger charge is -2.38. The molecule has 1 aromatic rings. The molecule has 0 nitrogen and oxygen atoms in total. The van der Waals surface area contributed by atoms with Crippen LogP contribution in [-0.2, 0) is 6.42 Å². The first kappa shape index (κ1) is 21.6. The molecule has 0 atom stereocenters. The summed E-state index contributed by atoms with van der Waals surface area (Å²) in [6.07, 6.45) is 21.0. The molecule has 2 aliphatic rings. The quantitative estimate of drug-likeness (QED) is 0.373. The van der Waals surface area contributed by atoms with Crippen molar-refractivity contribution in [3.63, 3.8) is 0 Å². The van der Waals surface area contributed by atoms with Gasteiger partial charge >= 0.3 is 0 Å². The van der Waals surface area contributed by atoms with Crippen molar-refractivity contribution in [3.05, 3.63) is 47.8 Å². The van der Waals surface area contributed by atoms with Crippen LogP contribution in [-0.4, -0.2) is 0 Å². The largest absolute Gasteiger partial charge is 0.216 e. The number of aryl methyl sites for hydroxylation is 1. The minimum absolute atomic E-state index is 0.729. The van der Waals surface area contributed by atoms with Gasteiger partial charge in [-0.3, -0.25) is 0 Å². The van der Waals surface area contributed by atoms with Gasteiger partial charge in [0, 0.05) is 0 Å². The van der Waals surface area contributed by atoms with Gasteiger partial charge < -0.3 is 0 Å². The fourth-order valence-corrected chi connectivity index (χ4v) is 5.78. The molecule has 156 valence electrons. The van der Waals surface area contributed by atoms with E-state index < -0.39 is 0 Å². The molecule has 0 unspecified atom stereocenters. The SMILES string of the molecule is CCCCCCc1ccc(C2CCC(C3CCC(C/C=C/F)CC3)CC2)cc1. The van der Waals surface area contributed by atoms with E-state index in [1.54, 1.807) is 11.6 Å². The molecule has 0 bridgehead atoms. The van der Waals surface area contributed by atoms with Gasteiger partial charge in [0.1, 0.15) is 0 Å². The van der Waals surface area contributed by atoms with Crippen LogP contribution in [0.2, 0.25) is 0 Å². The van der Waals surface area contributed by atoms with Gasteiger partial charge in [-0.25, -0.2) is 4.39 Å². The maximum absolute atomic E-state index is 12.2. The molecule has 1 heteroatoms. The fraction of sp³-hybridized carbons (Fsp3) is 0.704. The molecule has 2 fully saturated rings. The minimum Gasteiger partial charge on any atom is -0.216 e. The topological polar surface area (TPSA) is 0 Å². The minimum atomic E-state index is 0.729. The molecule has 1 aromatic carbocycles. The molecule has 2 saturated carbocycles. The van der Waals surface area contributed by atoms with E-state index in [9.17, 15) is 4.39 Å². The van der Waals surface area contributed by atoms with Crippen LogP contribution in [0.3, 0.4) is 0 Å².